The second-order valence-corrected chi connectivity index (χ2v) is 3.29. The van der Waals surface area contributed by atoms with Crippen molar-refractivity contribution in [1.82, 2.24) is 0 Å². The lowest BCUT2D eigenvalue weighted by Gasteiger charge is -2.14. The Morgan fingerprint density at radius 1 is 1.47 bits per heavy atom. The van der Waals surface area contributed by atoms with Crippen molar-refractivity contribution in [3.63, 3.8) is 0 Å². The molecule has 1 rings (SSSR count). The van der Waals surface area contributed by atoms with E-state index in [9.17, 15) is 4.79 Å². The molecular formula is C11H16N2O2. The fourth-order valence-electron chi connectivity index (χ4n) is 1.45. The molecule has 0 spiro atoms. The van der Waals surface area contributed by atoms with Gasteiger partial charge < -0.3 is 16.2 Å². The van der Waals surface area contributed by atoms with Crippen LogP contribution in [0.15, 0.2) is 24.3 Å². The van der Waals surface area contributed by atoms with Crippen LogP contribution in [0.3, 0.4) is 0 Å². The van der Waals surface area contributed by atoms with Crippen molar-refractivity contribution < 1.29 is 9.53 Å². The van der Waals surface area contributed by atoms with Crippen LogP contribution in [0.2, 0.25) is 0 Å². The number of ether oxygens (including phenoxy) is 1. The molecule has 0 bridgehead atoms. The Morgan fingerprint density at radius 3 is 2.73 bits per heavy atom. The van der Waals surface area contributed by atoms with Crippen LogP contribution in [0.1, 0.15) is 23.6 Å². The summed E-state index contributed by atoms with van der Waals surface area (Å²) < 4.78 is 4.57. The first-order valence-electron chi connectivity index (χ1n) is 4.79. The van der Waals surface area contributed by atoms with Gasteiger partial charge in [-0.1, -0.05) is 24.3 Å². The van der Waals surface area contributed by atoms with Crippen molar-refractivity contribution in [2.45, 2.75) is 19.0 Å². The molecule has 0 heterocycles. The van der Waals surface area contributed by atoms with Gasteiger partial charge in [-0.05, 0) is 11.1 Å². The Balaban J connectivity index is 2.80. The fraction of sp³-hybridized carbons (Fsp3) is 0.364. The van der Waals surface area contributed by atoms with Crippen molar-refractivity contribution in [2.24, 2.45) is 11.5 Å². The molecule has 4 N–H and O–H groups in total. The van der Waals surface area contributed by atoms with Crippen LogP contribution in [0.4, 0.5) is 0 Å². The van der Waals surface area contributed by atoms with Crippen LogP contribution in [0, 0.1) is 0 Å². The molecule has 1 unspecified atom stereocenters. The van der Waals surface area contributed by atoms with Gasteiger partial charge in [-0.3, -0.25) is 4.79 Å². The third-order valence-electron chi connectivity index (χ3n) is 2.29. The summed E-state index contributed by atoms with van der Waals surface area (Å²) in [5.41, 5.74) is 13.3. The predicted octanol–water partition coefficient (Wildman–Crippen LogP) is 0.708. The molecule has 0 amide bonds. The lowest BCUT2D eigenvalue weighted by molar-refractivity contribution is -0.141. The van der Waals surface area contributed by atoms with Crippen LogP contribution in [0.25, 0.3) is 0 Å². The SMILES string of the molecule is COC(=O)CC(N)c1ccccc1CN. The zero-order chi connectivity index (χ0) is 11.3. The van der Waals surface area contributed by atoms with E-state index >= 15 is 0 Å². The highest BCUT2D eigenvalue weighted by molar-refractivity contribution is 5.70. The summed E-state index contributed by atoms with van der Waals surface area (Å²) in [7, 11) is 1.35. The van der Waals surface area contributed by atoms with Gasteiger partial charge in [0.2, 0.25) is 0 Å². The molecule has 0 aliphatic heterocycles. The smallest absolute Gasteiger partial charge is 0.307 e. The lowest BCUT2D eigenvalue weighted by Crippen LogP contribution is -2.18. The maximum Gasteiger partial charge on any atom is 0.307 e. The highest BCUT2D eigenvalue weighted by Gasteiger charge is 2.14. The molecule has 0 fully saturated rings. The van der Waals surface area contributed by atoms with Crippen molar-refractivity contribution in [2.75, 3.05) is 7.11 Å². The standard InChI is InChI=1S/C11H16N2O2/c1-15-11(14)6-10(13)9-5-3-2-4-8(9)7-12/h2-5,10H,6-7,12-13H2,1H3. The number of carbonyl (C=O) groups excluding carboxylic acids is 1. The van der Waals surface area contributed by atoms with Crippen molar-refractivity contribution in [1.29, 1.82) is 0 Å². The average molecular weight is 208 g/mol. The number of benzene rings is 1. The van der Waals surface area contributed by atoms with E-state index in [0.29, 0.717) is 6.54 Å². The van der Waals surface area contributed by atoms with Crippen LogP contribution in [0.5, 0.6) is 0 Å². The summed E-state index contributed by atoms with van der Waals surface area (Å²) in [6.45, 7) is 0.422. The summed E-state index contributed by atoms with van der Waals surface area (Å²) in [6.07, 6.45) is 0.174. The Bertz CT molecular complexity index is 339. The summed E-state index contributed by atoms with van der Waals surface area (Å²) in [5, 5.41) is 0. The highest BCUT2D eigenvalue weighted by Crippen LogP contribution is 2.18. The number of hydrogen-bond acceptors (Lipinski definition) is 4. The van der Waals surface area contributed by atoms with Gasteiger partial charge in [0.15, 0.2) is 0 Å². The molecule has 0 aliphatic rings. The number of nitrogens with two attached hydrogens (primary N) is 2. The van der Waals surface area contributed by atoms with Gasteiger partial charge in [-0.25, -0.2) is 0 Å². The Morgan fingerprint density at radius 2 is 2.13 bits per heavy atom. The summed E-state index contributed by atoms with van der Waals surface area (Å²) in [5.74, 6) is -0.311. The third-order valence-corrected chi connectivity index (χ3v) is 2.29. The van der Waals surface area contributed by atoms with Crippen molar-refractivity contribution in [3.8, 4) is 0 Å². The molecule has 0 saturated carbocycles. The van der Waals surface area contributed by atoms with E-state index in [1.165, 1.54) is 7.11 Å². The molecule has 82 valence electrons. The Kier molecular flexibility index (Phi) is 4.27. The highest BCUT2D eigenvalue weighted by atomic mass is 16.5. The third kappa shape index (κ3) is 3.04. The molecule has 1 aromatic carbocycles. The van der Waals surface area contributed by atoms with Gasteiger partial charge >= 0.3 is 5.97 Å². The van der Waals surface area contributed by atoms with Gasteiger partial charge in [0.1, 0.15) is 0 Å². The lowest BCUT2D eigenvalue weighted by atomic mass is 9.99. The van der Waals surface area contributed by atoms with Crippen LogP contribution >= 0.6 is 0 Å². The molecule has 0 saturated heterocycles. The minimum absolute atomic E-state index is 0.174. The maximum atomic E-state index is 11.1. The Hall–Kier alpha value is -1.39. The van der Waals surface area contributed by atoms with Crippen LogP contribution < -0.4 is 11.5 Å². The average Bonchev–Trinajstić information content (AvgIpc) is 2.28. The number of hydrogen-bond donors (Lipinski definition) is 2. The molecule has 0 aliphatic carbocycles. The summed E-state index contributed by atoms with van der Waals surface area (Å²) in [4.78, 5) is 11.1. The topological polar surface area (TPSA) is 78.3 Å². The van der Waals surface area contributed by atoms with E-state index in [-0.39, 0.29) is 18.4 Å². The van der Waals surface area contributed by atoms with Crippen LogP contribution in [-0.4, -0.2) is 13.1 Å². The monoisotopic (exact) mass is 208 g/mol. The number of methoxy groups -OCH3 is 1. The van der Waals surface area contributed by atoms with Gasteiger partial charge in [0.05, 0.1) is 13.5 Å². The molecule has 4 heteroatoms. The first-order chi connectivity index (χ1) is 7.19. The summed E-state index contributed by atoms with van der Waals surface area (Å²) >= 11 is 0. The molecule has 15 heavy (non-hydrogen) atoms. The minimum Gasteiger partial charge on any atom is -0.469 e. The van der Waals surface area contributed by atoms with Crippen molar-refractivity contribution in [3.05, 3.63) is 35.4 Å². The largest absolute Gasteiger partial charge is 0.469 e. The van der Waals surface area contributed by atoms with E-state index in [0.717, 1.165) is 11.1 Å². The second kappa shape index (κ2) is 5.48. The minimum atomic E-state index is -0.350. The molecular weight excluding hydrogens is 192 g/mol. The maximum absolute atomic E-state index is 11.1. The van der Waals surface area contributed by atoms with Gasteiger partial charge in [0, 0.05) is 12.6 Å². The normalized spacial score (nSPS) is 12.2. The quantitative estimate of drug-likeness (QED) is 0.714. The van der Waals surface area contributed by atoms with Gasteiger partial charge in [0.25, 0.3) is 0 Å². The van der Waals surface area contributed by atoms with Gasteiger partial charge in [-0.15, -0.1) is 0 Å². The van der Waals surface area contributed by atoms with E-state index in [4.69, 9.17) is 11.5 Å². The van der Waals surface area contributed by atoms with E-state index < -0.39 is 0 Å². The molecule has 4 nitrogen and oxygen atoms in total. The number of rotatable bonds is 4. The van der Waals surface area contributed by atoms with E-state index in [1.807, 2.05) is 24.3 Å². The second-order valence-electron chi connectivity index (χ2n) is 3.29. The predicted molar refractivity (Wildman–Crippen MR) is 57.9 cm³/mol. The molecule has 0 radical (unpaired) electrons. The van der Waals surface area contributed by atoms with Crippen LogP contribution in [-0.2, 0) is 16.1 Å². The number of carbonyl (C=O) groups is 1. The van der Waals surface area contributed by atoms with Crippen molar-refractivity contribution >= 4 is 5.97 Å². The molecule has 0 aromatic heterocycles. The first-order valence-corrected chi connectivity index (χ1v) is 4.79. The van der Waals surface area contributed by atoms with Gasteiger partial charge in [-0.2, -0.15) is 0 Å². The fourth-order valence-corrected chi connectivity index (χ4v) is 1.45. The summed E-state index contributed by atoms with van der Waals surface area (Å²) in [6, 6.07) is 7.22. The zero-order valence-electron chi connectivity index (χ0n) is 8.77. The van der Waals surface area contributed by atoms with E-state index in [1.54, 1.807) is 0 Å². The number of esters is 1. The molecule has 1 aromatic rings. The first kappa shape index (κ1) is 11.7. The zero-order valence-corrected chi connectivity index (χ0v) is 8.77. The molecule has 1 atom stereocenters. The van der Waals surface area contributed by atoms with E-state index in [2.05, 4.69) is 4.74 Å². The Labute approximate surface area is 89.2 Å².